The Hall–Kier alpha value is -3.25. The van der Waals surface area contributed by atoms with E-state index in [9.17, 15) is 39.3 Å². The van der Waals surface area contributed by atoms with Crippen molar-refractivity contribution in [3.8, 4) is 0 Å². The largest absolute Gasteiger partial charge is 0.462 e. The molecule has 0 amide bonds. The van der Waals surface area contributed by atoms with Gasteiger partial charge >= 0.3 is 17.9 Å². The molecule has 0 bridgehead atoms. The highest BCUT2D eigenvalue weighted by Gasteiger charge is 2.53. The Kier molecular flexibility index (Phi) is 24.1. The maximum atomic E-state index is 14.2. The fourth-order valence-corrected chi connectivity index (χ4v) is 10.6. The van der Waals surface area contributed by atoms with E-state index in [4.69, 9.17) is 52.1 Å². The van der Waals surface area contributed by atoms with Crippen molar-refractivity contribution in [2.45, 2.75) is 218 Å². The number of methoxy groups -OCH3 is 2. The van der Waals surface area contributed by atoms with Crippen LogP contribution >= 0.6 is 0 Å². The van der Waals surface area contributed by atoms with E-state index in [2.05, 4.69) is 0 Å². The minimum atomic E-state index is -1.53. The summed E-state index contributed by atoms with van der Waals surface area (Å²) < 4.78 is 67.2. The third kappa shape index (κ3) is 16.9. The van der Waals surface area contributed by atoms with E-state index in [-0.39, 0.29) is 44.0 Å². The van der Waals surface area contributed by atoms with Gasteiger partial charge in [-0.3, -0.25) is 19.2 Å². The fraction of sp³-hybridized carbons (Fsp3) is 0.830. The number of aldehydes is 1. The van der Waals surface area contributed by atoms with Crippen LogP contribution in [0.1, 0.15) is 115 Å². The van der Waals surface area contributed by atoms with Crippen molar-refractivity contribution in [2.24, 2.45) is 29.6 Å². The van der Waals surface area contributed by atoms with Gasteiger partial charge in [0.2, 0.25) is 0 Å². The number of carbonyl (C=O) groups is 5. The van der Waals surface area contributed by atoms with Gasteiger partial charge in [-0.25, -0.2) is 0 Å². The van der Waals surface area contributed by atoms with Crippen LogP contribution in [0.15, 0.2) is 23.8 Å². The standard InChI is InChI=1S/C53H87NO19/c1-16-38-36(26-65-52-49(64-15)48(63-14)44(60)31(7)67-52)22-28(4)17-18-37(57)29(5)23-35(19-20-55)46(30(6)39(69-34(10)56)24-41(59)70-38)73-51-45(61)43(54(12)13)47(32(8)68-51)72-42-25-53(11,62)50(33(9)66-42)71-40(58)21-27(2)3/h17-18,20,22,27,29-33,35-36,38-39,42-52,60-62H,16,19,21,23-26H2,1-15H3/b18-17+,28-22+/t29-,30+,31-,32-,33+,35+,36-,38-,39-,42+,43-,44-,45-,46-,47-,48?,49?,50+,51+,52-,53-/m1/s1. The summed E-state index contributed by atoms with van der Waals surface area (Å²) in [5.41, 5.74) is -0.865. The van der Waals surface area contributed by atoms with E-state index in [0.717, 1.165) is 0 Å². The molecule has 3 fully saturated rings. The van der Waals surface area contributed by atoms with E-state index in [1.165, 1.54) is 27.2 Å². The minimum Gasteiger partial charge on any atom is -0.462 e. The van der Waals surface area contributed by atoms with Crippen LogP contribution in [0.3, 0.4) is 0 Å². The Balaban J connectivity index is 1.66. The molecular formula is C53H87NO19. The number of allylic oxidation sites excluding steroid dienone is 3. The lowest BCUT2D eigenvalue weighted by Gasteiger charge is -2.50. The second-order valence-corrected chi connectivity index (χ2v) is 21.4. The molecule has 0 aromatic carbocycles. The monoisotopic (exact) mass is 1040 g/mol. The van der Waals surface area contributed by atoms with Gasteiger partial charge in [0.05, 0.1) is 43.5 Å². The lowest BCUT2D eigenvalue weighted by molar-refractivity contribution is -0.342. The predicted octanol–water partition coefficient (Wildman–Crippen LogP) is 4.00. The number of esters is 3. The minimum absolute atomic E-state index is 0.0378. The van der Waals surface area contributed by atoms with E-state index >= 15 is 0 Å². The van der Waals surface area contributed by atoms with Crippen molar-refractivity contribution in [1.29, 1.82) is 0 Å². The number of aliphatic hydroxyl groups excluding tert-OH is 2. The normalized spacial score (nSPS) is 41.6. The molecule has 4 aliphatic rings. The molecule has 0 saturated carbocycles. The van der Waals surface area contributed by atoms with Gasteiger partial charge in [-0.15, -0.1) is 0 Å². The average Bonchev–Trinajstić information content (AvgIpc) is 3.29. The van der Waals surface area contributed by atoms with Gasteiger partial charge < -0.3 is 77.1 Å². The van der Waals surface area contributed by atoms with Crippen LogP contribution in [-0.4, -0.2) is 189 Å². The number of likely N-dealkylation sites (N-methyl/N-ethyl adjacent to an activating group) is 1. The molecular weight excluding hydrogens is 955 g/mol. The molecule has 20 heteroatoms. The molecule has 0 aromatic rings. The Morgan fingerprint density at radius 1 is 0.890 bits per heavy atom. The summed E-state index contributed by atoms with van der Waals surface area (Å²) in [7, 11) is 6.41. The molecule has 0 radical (unpaired) electrons. The van der Waals surface area contributed by atoms with Crippen molar-refractivity contribution >= 4 is 30.0 Å². The van der Waals surface area contributed by atoms with Crippen molar-refractivity contribution in [2.75, 3.05) is 34.9 Å². The van der Waals surface area contributed by atoms with Crippen molar-refractivity contribution in [1.82, 2.24) is 4.90 Å². The first kappa shape index (κ1) is 62.3. The molecule has 4 rings (SSSR count). The van der Waals surface area contributed by atoms with Crippen LogP contribution in [0.5, 0.6) is 0 Å². The first-order chi connectivity index (χ1) is 34.3. The maximum Gasteiger partial charge on any atom is 0.309 e. The summed E-state index contributed by atoms with van der Waals surface area (Å²) in [5, 5.41) is 34.6. The first-order valence-electron chi connectivity index (χ1n) is 25.9. The van der Waals surface area contributed by atoms with Gasteiger partial charge in [0.25, 0.3) is 0 Å². The summed E-state index contributed by atoms with van der Waals surface area (Å²) in [4.78, 5) is 67.9. The smallest absolute Gasteiger partial charge is 0.309 e. The summed E-state index contributed by atoms with van der Waals surface area (Å²) in [6.45, 7) is 18.7. The third-order valence-electron chi connectivity index (χ3n) is 14.5. The number of ether oxygens (including phenoxy) is 11. The average molecular weight is 1040 g/mol. The summed E-state index contributed by atoms with van der Waals surface area (Å²) >= 11 is 0. The number of cyclic esters (lactones) is 1. The number of nitrogens with zero attached hydrogens (tertiary/aromatic N) is 1. The molecule has 0 aliphatic carbocycles. The van der Waals surface area contributed by atoms with Crippen LogP contribution < -0.4 is 0 Å². The highest BCUT2D eigenvalue weighted by molar-refractivity contribution is 5.91. The molecule has 21 atom stereocenters. The van der Waals surface area contributed by atoms with Gasteiger partial charge in [0.15, 0.2) is 30.8 Å². The number of carbonyl (C=O) groups excluding carboxylic acids is 5. The lowest BCUT2D eigenvalue weighted by Crippen LogP contribution is -2.65. The number of rotatable bonds is 17. The van der Waals surface area contributed by atoms with Crippen molar-refractivity contribution in [3.63, 3.8) is 0 Å². The highest BCUT2D eigenvalue weighted by atomic mass is 16.7. The molecule has 73 heavy (non-hydrogen) atoms. The number of aliphatic hydroxyl groups is 3. The molecule has 3 saturated heterocycles. The number of ketones is 1. The van der Waals surface area contributed by atoms with E-state index in [0.29, 0.717) is 18.3 Å². The van der Waals surface area contributed by atoms with Crippen LogP contribution in [0.2, 0.25) is 0 Å². The second kappa shape index (κ2) is 28.2. The van der Waals surface area contributed by atoms with Crippen LogP contribution in [0.25, 0.3) is 0 Å². The van der Waals surface area contributed by atoms with Crippen molar-refractivity contribution in [3.05, 3.63) is 23.8 Å². The fourth-order valence-electron chi connectivity index (χ4n) is 10.6. The van der Waals surface area contributed by atoms with Gasteiger partial charge in [-0.2, -0.15) is 0 Å². The number of hydrogen-bond donors (Lipinski definition) is 3. The van der Waals surface area contributed by atoms with Gasteiger partial charge in [0, 0.05) is 58.2 Å². The molecule has 2 unspecified atom stereocenters. The van der Waals surface area contributed by atoms with Gasteiger partial charge in [-0.1, -0.05) is 52.3 Å². The summed E-state index contributed by atoms with van der Waals surface area (Å²) in [6, 6.07) is -0.809. The highest BCUT2D eigenvalue weighted by Crippen LogP contribution is 2.39. The first-order valence-corrected chi connectivity index (χ1v) is 25.9. The summed E-state index contributed by atoms with van der Waals surface area (Å²) in [6.07, 6.45) is -8.67. The second-order valence-electron chi connectivity index (χ2n) is 21.4. The lowest BCUT2D eigenvalue weighted by atomic mass is 9.79. The molecule has 4 aliphatic heterocycles. The molecule has 3 N–H and O–H groups in total. The van der Waals surface area contributed by atoms with E-state index in [1.54, 1.807) is 73.5 Å². The molecule has 0 spiro atoms. The third-order valence-corrected chi connectivity index (χ3v) is 14.5. The molecule has 0 aromatic heterocycles. The van der Waals surface area contributed by atoms with Gasteiger partial charge in [0.1, 0.15) is 54.6 Å². The zero-order chi connectivity index (χ0) is 54.6. The SMILES string of the molecule is CC[C@H]1OC(=O)C[C@@H](OC(C)=O)[C@H](C)[C@@H](O[C@@H]2O[C@H](C)[C@@H](O[C@H]3C[C@@](C)(O)[C@@H](OC(=O)CC(C)C)[C@H](C)O3)[C@H](N(C)C)[C@H]2O)[C@@H](CC=O)C[C@@H](C)C(=O)/C=C/C(C)=C/[C@@H]1CO[C@@H]1O[C@H](C)[C@@H](O)C(OC)C1OC. The zero-order valence-electron chi connectivity index (χ0n) is 45.7. The van der Waals surface area contributed by atoms with Crippen LogP contribution in [0.4, 0.5) is 0 Å². The summed E-state index contributed by atoms with van der Waals surface area (Å²) in [5.74, 6) is -4.87. The molecule has 4 heterocycles. The Morgan fingerprint density at radius 3 is 2.12 bits per heavy atom. The Morgan fingerprint density at radius 2 is 1.55 bits per heavy atom. The molecule has 418 valence electrons. The Labute approximate surface area is 432 Å². The zero-order valence-corrected chi connectivity index (χ0v) is 45.7. The van der Waals surface area contributed by atoms with Crippen molar-refractivity contribution < 1.29 is 91.4 Å². The molecule has 20 nitrogen and oxygen atoms in total. The number of hydrogen-bond acceptors (Lipinski definition) is 20. The predicted molar refractivity (Wildman–Crippen MR) is 263 cm³/mol. The Bertz CT molecular complexity index is 1860. The maximum absolute atomic E-state index is 14.2. The van der Waals surface area contributed by atoms with E-state index < -0.39 is 152 Å². The van der Waals surface area contributed by atoms with E-state index in [1.807, 2.05) is 26.8 Å². The van der Waals surface area contributed by atoms with Gasteiger partial charge in [-0.05, 0) is 79.5 Å². The topological polar surface area (TPSA) is 251 Å². The van der Waals surface area contributed by atoms with Crippen LogP contribution in [0, 0.1) is 29.6 Å². The van der Waals surface area contributed by atoms with Crippen LogP contribution in [-0.2, 0) is 76.1 Å². The quantitative estimate of drug-likeness (QED) is 0.106.